The van der Waals surface area contributed by atoms with Gasteiger partial charge in [-0.2, -0.15) is 0 Å². The zero-order chi connectivity index (χ0) is 10.9. The number of nitrogens with one attached hydrogen (secondary N) is 1. The molecule has 0 spiro atoms. The van der Waals surface area contributed by atoms with Crippen molar-refractivity contribution in [3.05, 3.63) is 30.6 Å². The minimum absolute atomic E-state index is 0.110. The maximum atomic E-state index is 4.26. The van der Waals surface area contributed by atoms with Gasteiger partial charge in [-0.15, -0.1) is 0 Å². The summed E-state index contributed by atoms with van der Waals surface area (Å²) in [4.78, 5) is 4.26. The van der Waals surface area contributed by atoms with Gasteiger partial charge < -0.3 is 5.32 Å². The SMILES string of the molecule is CCC(C)(C)Nc1cccc2nccn12. The largest absolute Gasteiger partial charge is 0.366 e. The summed E-state index contributed by atoms with van der Waals surface area (Å²) in [5.74, 6) is 1.09. The number of pyridine rings is 1. The average Bonchev–Trinajstić information content (AvgIpc) is 2.66. The molecule has 2 aromatic rings. The van der Waals surface area contributed by atoms with Crippen molar-refractivity contribution >= 4 is 11.5 Å². The van der Waals surface area contributed by atoms with E-state index in [9.17, 15) is 0 Å². The summed E-state index contributed by atoms with van der Waals surface area (Å²) >= 11 is 0. The number of hydrogen-bond donors (Lipinski definition) is 1. The predicted octanol–water partition coefficient (Wildman–Crippen LogP) is 2.93. The first-order valence-corrected chi connectivity index (χ1v) is 5.33. The molecule has 0 saturated heterocycles. The Kier molecular flexibility index (Phi) is 2.39. The molecule has 0 aliphatic carbocycles. The zero-order valence-corrected chi connectivity index (χ0v) is 9.49. The second kappa shape index (κ2) is 3.57. The van der Waals surface area contributed by atoms with Crippen LogP contribution in [0.5, 0.6) is 0 Å². The van der Waals surface area contributed by atoms with Crippen molar-refractivity contribution in [2.45, 2.75) is 32.7 Å². The van der Waals surface area contributed by atoms with Crippen molar-refractivity contribution in [1.29, 1.82) is 0 Å². The number of fused-ring (bicyclic) bond motifs is 1. The lowest BCUT2D eigenvalue weighted by molar-refractivity contribution is 0.544. The molecule has 0 aliphatic heterocycles. The van der Waals surface area contributed by atoms with Crippen LogP contribution >= 0.6 is 0 Å². The Morgan fingerprint density at radius 2 is 2.20 bits per heavy atom. The normalized spacial score (nSPS) is 11.9. The number of rotatable bonds is 3. The molecule has 0 atom stereocenters. The third-order valence-corrected chi connectivity index (χ3v) is 2.78. The van der Waals surface area contributed by atoms with Crippen LogP contribution in [0.25, 0.3) is 5.65 Å². The number of aromatic nitrogens is 2. The van der Waals surface area contributed by atoms with Gasteiger partial charge in [0.2, 0.25) is 0 Å². The first-order chi connectivity index (χ1) is 7.12. The van der Waals surface area contributed by atoms with Crippen molar-refractivity contribution < 1.29 is 0 Å². The second-order valence-corrected chi connectivity index (χ2v) is 4.43. The summed E-state index contributed by atoms with van der Waals surface area (Å²) in [6.45, 7) is 6.58. The van der Waals surface area contributed by atoms with Gasteiger partial charge in [-0.25, -0.2) is 4.98 Å². The maximum absolute atomic E-state index is 4.26. The van der Waals surface area contributed by atoms with E-state index < -0.39 is 0 Å². The molecule has 80 valence electrons. The van der Waals surface area contributed by atoms with Crippen LogP contribution in [0.1, 0.15) is 27.2 Å². The smallest absolute Gasteiger partial charge is 0.138 e. The Morgan fingerprint density at radius 1 is 1.40 bits per heavy atom. The molecular weight excluding hydrogens is 186 g/mol. The molecule has 0 saturated carbocycles. The van der Waals surface area contributed by atoms with Crippen LogP contribution in [0.3, 0.4) is 0 Å². The third kappa shape index (κ3) is 1.96. The van der Waals surface area contributed by atoms with E-state index in [1.807, 2.05) is 24.5 Å². The fourth-order valence-corrected chi connectivity index (χ4v) is 1.48. The summed E-state index contributed by atoms with van der Waals surface area (Å²) in [5.41, 5.74) is 1.09. The predicted molar refractivity (Wildman–Crippen MR) is 63.2 cm³/mol. The van der Waals surface area contributed by atoms with Gasteiger partial charge in [0.25, 0.3) is 0 Å². The van der Waals surface area contributed by atoms with Gasteiger partial charge in [0.05, 0.1) is 0 Å². The first kappa shape index (κ1) is 10.0. The standard InChI is InChI=1S/C12H17N3/c1-4-12(2,3)14-11-7-5-6-10-13-8-9-15(10)11/h5-9,14H,4H2,1-3H3. The highest BCUT2D eigenvalue weighted by Crippen LogP contribution is 2.18. The highest BCUT2D eigenvalue weighted by Gasteiger charge is 2.15. The Labute approximate surface area is 90.1 Å². The van der Waals surface area contributed by atoms with Crippen LogP contribution in [0.2, 0.25) is 0 Å². The highest BCUT2D eigenvalue weighted by atomic mass is 15.1. The van der Waals surface area contributed by atoms with Gasteiger partial charge in [0.15, 0.2) is 0 Å². The zero-order valence-electron chi connectivity index (χ0n) is 9.49. The van der Waals surface area contributed by atoms with E-state index in [0.29, 0.717) is 0 Å². The minimum atomic E-state index is 0.110. The molecule has 2 aromatic heterocycles. The number of imidazole rings is 1. The summed E-state index contributed by atoms with van der Waals surface area (Å²) in [7, 11) is 0. The average molecular weight is 203 g/mol. The van der Waals surface area contributed by atoms with Gasteiger partial charge in [-0.3, -0.25) is 4.40 Å². The highest BCUT2D eigenvalue weighted by molar-refractivity contribution is 5.50. The van der Waals surface area contributed by atoms with E-state index in [0.717, 1.165) is 17.9 Å². The van der Waals surface area contributed by atoms with Gasteiger partial charge in [0, 0.05) is 17.9 Å². The first-order valence-electron chi connectivity index (χ1n) is 5.33. The van der Waals surface area contributed by atoms with E-state index in [2.05, 4.69) is 41.5 Å². The molecule has 3 heteroatoms. The Bertz CT molecular complexity index is 457. The van der Waals surface area contributed by atoms with Crippen LogP contribution in [-0.4, -0.2) is 14.9 Å². The molecule has 0 aliphatic rings. The lowest BCUT2D eigenvalue weighted by atomic mass is 10.0. The van der Waals surface area contributed by atoms with Crippen LogP contribution in [0, 0.1) is 0 Å². The van der Waals surface area contributed by atoms with Crippen molar-refractivity contribution in [2.75, 3.05) is 5.32 Å². The molecule has 0 unspecified atom stereocenters. The summed E-state index contributed by atoms with van der Waals surface area (Å²) < 4.78 is 2.07. The van der Waals surface area contributed by atoms with Gasteiger partial charge in [0.1, 0.15) is 11.5 Å². The van der Waals surface area contributed by atoms with Crippen molar-refractivity contribution in [3.8, 4) is 0 Å². The molecular formula is C12H17N3. The maximum Gasteiger partial charge on any atom is 0.138 e. The van der Waals surface area contributed by atoms with E-state index in [1.165, 1.54) is 0 Å². The third-order valence-electron chi connectivity index (χ3n) is 2.78. The fraction of sp³-hybridized carbons (Fsp3) is 0.417. The molecule has 0 fully saturated rings. The lowest BCUT2D eigenvalue weighted by Gasteiger charge is -2.26. The molecule has 1 N–H and O–H groups in total. The van der Waals surface area contributed by atoms with Gasteiger partial charge >= 0.3 is 0 Å². The van der Waals surface area contributed by atoms with Gasteiger partial charge in [-0.1, -0.05) is 13.0 Å². The summed E-state index contributed by atoms with van der Waals surface area (Å²) in [6, 6.07) is 6.10. The number of anilines is 1. The molecule has 0 radical (unpaired) electrons. The van der Waals surface area contributed by atoms with E-state index in [-0.39, 0.29) is 5.54 Å². The van der Waals surface area contributed by atoms with E-state index in [4.69, 9.17) is 0 Å². The number of nitrogens with zero attached hydrogens (tertiary/aromatic N) is 2. The Balaban J connectivity index is 2.39. The van der Waals surface area contributed by atoms with E-state index in [1.54, 1.807) is 0 Å². The van der Waals surface area contributed by atoms with Crippen molar-refractivity contribution in [1.82, 2.24) is 9.38 Å². The van der Waals surface area contributed by atoms with Crippen LogP contribution in [-0.2, 0) is 0 Å². The molecule has 0 bridgehead atoms. The topological polar surface area (TPSA) is 29.3 Å². The summed E-state index contributed by atoms with van der Waals surface area (Å²) in [5, 5.41) is 3.52. The van der Waals surface area contributed by atoms with Crippen LogP contribution < -0.4 is 5.32 Å². The fourth-order valence-electron chi connectivity index (χ4n) is 1.48. The Hall–Kier alpha value is -1.51. The number of hydrogen-bond acceptors (Lipinski definition) is 2. The minimum Gasteiger partial charge on any atom is -0.366 e. The second-order valence-electron chi connectivity index (χ2n) is 4.43. The monoisotopic (exact) mass is 203 g/mol. The molecule has 0 aromatic carbocycles. The van der Waals surface area contributed by atoms with Crippen LogP contribution in [0.15, 0.2) is 30.6 Å². The molecule has 0 amide bonds. The van der Waals surface area contributed by atoms with Crippen molar-refractivity contribution in [2.24, 2.45) is 0 Å². The lowest BCUT2D eigenvalue weighted by Crippen LogP contribution is -2.30. The molecule has 15 heavy (non-hydrogen) atoms. The van der Waals surface area contributed by atoms with E-state index >= 15 is 0 Å². The molecule has 2 heterocycles. The molecule has 2 rings (SSSR count). The Morgan fingerprint density at radius 3 is 2.93 bits per heavy atom. The summed E-state index contributed by atoms with van der Waals surface area (Å²) in [6.07, 6.45) is 4.88. The van der Waals surface area contributed by atoms with Crippen LogP contribution in [0.4, 0.5) is 5.82 Å². The van der Waals surface area contributed by atoms with Gasteiger partial charge in [-0.05, 0) is 32.4 Å². The quantitative estimate of drug-likeness (QED) is 0.831. The molecule has 3 nitrogen and oxygen atoms in total. The van der Waals surface area contributed by atoms with Crippen molar-refractivity contribution in [3.63, 3.8) is 0 Å².